The lowest BCUT2D eigenvalue weighted by Gasteiger charge is -2.05. The summed E-state index contributed by atoms with van der Waals surface area (Å²) in [6, 6.07) is 9.17. The van der Waals surface area contributed by atoms with Gasteiger partial charge < -0.3 is 10.1 Å². The zero-order chi connectivity index (χ0) is 11.9. The third kappa shape index (κ3) is 3.60. The quantitative estimate of drug-likeness (QED) is 0.786. The van der Waals surface area contributed by atoms with Crippen LogP contribution in [-0.4, -0.2) is 27.7 Å². The lowest BCUT2D eigenvalue weighted by atomic mass is 10.3. The van der Waals surface area contributed by atoms with Gasteiger partial charge in [0.15, 0.2) is 6.61 Å². The molecular weight excluding hydrogens is 220 g/mol. The average Bonchev–Trinajstić information content (AvgIpc) is 2.88. The number of aromatic nitrogens is 3. The zero-order valence-electron chi connectivity index (χ0n) is 9.09. The second kappa shape index (κ2) is 5.64. The van der Waals surface area contributed by atoms with Crippen molar-refractivity contribution in [3.05, 3.63) is 42.5 Å². The Morgan fingerprint density at radius 2 is 2.18 bits per heavy atom. The highest BCUT2D eigenvalue weighted by Crippen LogP contribution is 2.07. The predicted molar refractivity (Wildman–Crippen MR) is 60.2 cm³/mol. The van der Waals surface area contributed by atoms with E-state index >= 15 is 0 Å². The smallest absolute Gasteiger partial charge is 0.258 e. The molecule has 1 heterocycles. The minimum absolute atomic E-state index is 0.0157. The molecule has 0 saturated carbocycles. The van der Waals surface area contributed by atoms with Crippen molar-refractivity contribution in [1.82, 2.24) is 20.5 Å². The van der Waals surface area contributed by atoms with Crippen LogP contribution in [0, 0.1) is 0 Å². The molecule has 2 rings (SSSR count). The largest absolute Gasteiger partial charge is 0.484 e. The summed E-state index contributed by atoms with van der Waals surface area (Å²) in [5, 5.41) is 8.98. The standard InChI is InChI=1S/C11H12N4O2/c16-11(12-6-10-13-8-14-15-10)7-17-9-4-2-1-3-5-9/h1-5,8H,6-7H2,(H,12,16)(H,13,14,15). The van der Waals surface area contributed by atoms with E-state index in [1.165, 1.54) is 6.33 Å². The second-order valence-corrected chi connectivity index (χ2v) is 3.31. The molecular formula is C11H12N4O2. The Labute approximate surface area is 98.0 Å². The Morgan fingerprint density at radius 1 is 1.35 bits per heavy atom. The van der Waals surface area contributed by atoms with Gasteiger partial charge in [-0.15, -0.1) is 0 Å². The maximum absolute atomic E-state index is 11.4. The second-order valence-electron chi connectivity index (χ2n) is 3.31. The van der Waals surface area contributed by atoms with Crippen molar-refractivity contribution in [3.8, 4) is 5.75 Å². The Hall–Kier alpha value is -2.37. The first-order chi connectivity index (χ1) is 8.34. The average molecular weight is 232 g/mol. The van der Waals surface area contributed by atoms with Crippen molar-refractivity contribution in [3.63, 3.8) is 0 Å². The number of benzene rings is 1. The van der Waals surface area contributed by atoms with E-state index in [2.05, 4.69) is 20.5 Å². The van der Waals surface area contributed by atoms with Gasteiger partial charge in [-0.25, -0.2) is 4.98 Å². The summed E-state index contributed by atoms with van der Waals surface area (Å²) >= 11 is 0. The lowest BCUT2D eigenvalue weighted by Crippen LogP contribution is -2.28. The van der Waals surface area contributed by atoms with Crippen molar-refractivity contribution in [2.45, 2.75) is 6.54 Å². The van der Waals surface area contributed by atoms with E-state index in [1.54, 1.807) is 12.1 Å². The monoisotopic (exact) mass is 232 g/mol. The predicted octanol–water partition coefficient (Wildman–Crippen LogP) is 0.500. The number of hydrogen-bond donors (Lipinski definition) is 2. The highest BCUT2D eigenvalue weighted by molar-refractivity contribution is 5.77. The first kappa shape index (κ1) is 11.1. The van der Waals surface area contributed by atoms with E-state index in [-0.39, 0.29) is 12.5 Å². The fraction of sp³-hybridized carbons (Fsp3) is 0.182. The number of hydrogen-bond acceptors (Lipinski definition) is 4. The summed E-state index contributed by atoms with van der Waals surface area (Å²) in [6.45, 7) is 0.301. The molecule has 0 saturated heterocycles. The molecule has 0 radical (unpaired) electrons. The van der Waals surface area contributed by atoms with Crippen LogP contribution >= 0.6 is 0 Å². The van der Waals surface area contributed by atoms with Crippen molar-refractivity contribution in [2.24, 2.45) is 0 Å². The van der Waals surface area contributed by atoms with Crippen LogP contribution in [0.5, 0.6) is 5.75 Å². The van der Waals surface area contributed by atoms with Gasteiger partial charge in [0.05, 0.1) is 6.54 Å². The van der Waals surface area contributed by atoms with Gasteiger partial charge in [-0.05, 0) is 12.1 Å². The third-order valence-electron chi connectivity index (χ3n) is 2.03. The number of carbonyl (C=O) groups excluding carboxylic acids is 1. The van der Waals surface area contributed by atoms with Gasteiger partial charge in [0.2, 0.25) is 0 Å². The van der Waals surface area contributed by atoms with Crippen LogP contribution in [-0.2, 0) is 11.3 Å². The number of ether oxygens (including phenoxy) is 1. The fourth-order valence-corrected chi connectivity index (χ4v) is 1.21. The number of aromatic amines is 1. The van der Waals surface area contributed by atoms with Crippen LogP contribution in [0.1, 0.15) is 5.82 Å². The molecule has 0 aliphatic heterocycles. The summed E-state index contributed by atoms with van der Waals surface area (Å²) in [6.07, 6.45) is 1.39. The van der Waals surface area contributed by atoms with Crippen molar-refractivity contribution in [1.29, 1.82) is 0 Å². The Kier molecular flexibility index (Phi) is 3.69. The Morgan fingerprint density at radius 3 is 2.88 bits per heavy atom. The van der Waals surface area contributed by atoms with Gasteiger partial charge in [0, 0.05) is 0 Å². The molecule has 6 heteroatoms. The summed E-state index contributed by atoms with van der Waals surface area (Å²) in [7, 11) is 0. The van der Waals surface area contributed by atoms with E-state index in [1.807, 2.05) is 18.2 Å². The molecule has 2 N–H and O–H groups in total. The molecule has 0 unspecified atom stereocenters. The molecule has 0 atom stereocenters. The highest BCUT2D eigenvalue weighted by atomic mass is 16.5. The summed E-state index contributed by atoms with van der Waals surface area (Å²) in [5.74, 6) is 1.07. The maximum atomic E-state index is 11.4. The molecule has 0 fully saturated rings. The summed E-state index contributed by atoms with van der Waals surface area (Å²) in [5.41, 5.74) is 0. The normalized spacial score (nSPS) is 9.88. The number of para-hydroxylation sites is 1. The molecule has 88 valence electrons. The summed E-state index contributed by atoms with van der Waals surface area (Å²) in [4.78, 5) is 15.3. The van der Waals surface area contributed by atoms with E-state index in [0.29, 0.717) is 18.1 Å². The van der Waals surface area contributed by atoms with Crippen LogP contribution in [0.4, 0.5) is 0 Å². The molecule has 0 aliphatic carbocycles. The van der Waals surface area contributed by atoms with Gasteiger partial charge in [-0.2, -0.15) is 5.10 Å². The molecule has 2 aromatic rings. The topological polar surface area (TPSA) is 79.9 Å². The number of amides is 1. The molecule has 1 aromatic heterocycles. The van der Waals surface area contributed by atoms with Gasteiger partial charge >= 0.3 is 0 Å². The summed E-state index contributed by atoms with van der Waals surface area (Å²) < 4.78 is 5.28. The van der Waals surface area contributed by atoms with E-state index in [4.69, 9.17) is 4.74 Å². The van der Waals surface area contributed by atoms with Gasteiger partial charge in [-0.3, -0.25) is 9.89 Å². The van der Waals surface area contributed by atoms with Crippen LogP contribution in [0.3, 0.4) is 0 Å². The van der Waals surface area contributed by atoms with Crippen molar-refractivity contribution < 1.29 is 9.53 Å². The van der Waals surface area contributed by atoms with Crippen LogP contribution in [0.2, 0.25) is 0 Å². The van der Waals surface area contributed by atoms with E-state index < -0.39 is 0 Å². The first-order valence-electron chi connectivity index (χ1n) is 5.13. The molecule has 0 aliphatic rings. The minimum atomic E-state index is -0.203. The van der Waals surface area contributed by atoms with Gasteiger partial charge in [-0.1, -0.05) is 18.2 Å². The van der Waals surface area contributed by atoms with E-state index in [9.17, 15) is 4.79 Å². The lowest BCUT2D eigenvalue weighted by molar-refractivity contribution is -0.123. The third-order valence-corrected chi connectivity index (χ3v) is 2.03. The minimum Gasteiger partial charge on any atom is -0.484 e. The van der Waals surface area contributed by atoms with Gasteiger partial charge in [0.1, 0.15) is 17.9 Å². The Bertz CT molecular complexity index is 456. The molecule has 0 spiro atoms. The number of rotatable bonds is 5. The van der Waals surface area contributed by atoms with Crippen LogP contribution in [0.15, 0.2) is 36.7 Å². The van der Waals surface area contributed by atoms with Gasteiger partial charge in [0.25, 0.3) is 5.91 Å². The number of nitrogens with one attached hydrogen (secondary N) is 2. The fourth-order valence-electron chi connectivity index (χ4n) is 1.21. The molecule has 1 amide bonds. The van der Waals surface area contributed by atoms with E-state index in [0.717, 1.165) is 0 Å². The maximum Gasteiger partial charge on any atom is 0.258 e. The molecule has 0 bridgehead atoms. The number of carbonyl (C=O) groups is 1. The highest BCUT2D eigenvalue weighted by Gasteiger charge is 2.03. The molecule has 1 aromatic carbocycles. The Balaban J connectivity index is 1.71. The van der Waals surface area contributed by atoms with Crippen molar-refractivity contribution in [2.75, 3.05) is 6.61 Å². The molecule has 17 heavy (non-hydrogen) atoms. The first-order valence-corrected chi connectivity index (χ1v) is 5.13. The SMILES string of the molecule is O=C(COc1ccccc1)NCc1ncn[nH]1. The number of H-pyrrole nitrogens is 1. The number of nitrogens with zero attached hydrogens (tertiary/aromatic N) is 2. The van der Waals surface area contributed by atoms with Crippen LogP contribution < -0.4 is 10.1 Å². The van der Waals surface area contributed by atoms with Crippen molar-refractivity contribution >= 4 is 5.91 Å². The zero-order valence-corrected chi connectivity index (χ0v) is 9.09. The molecule has 6 nitrogen and oxygen atoms in total. The van der Waals surface area contributed by atoms with Crippen LogP contribution in [0.25, 0.3) is 0 Å².